The minimum Gasteiger partial charge on any atom is -0.473 e. The summed E-state index contributed by atoms with van der Waals surface area (Å²) in [5.74, 6) is 0.682. The predicted octanol–water partition coefficient (Wildman–Crippen LogP) is 4.33. The molecular weight excluding hydrogens is 352 g/mol. The van der Waals surface area contributed by atoms with Gasteiger partial charge in [0.15, 0.2) is 0 Å². The van der Waals surface area contributed by atoms with Gasteiger partial charge in [-0.15, -0.1) is 0 Å². The zero-order chi connectivity index (χ0) is 14.7. The van der Waals surface area contributed by atoms with Gasteiger partial charge in [0.2, 0.25) is 5.88 Å². The Bertz CT molecular complexity index is 614. The van der Waals surface area contributed by atoms with Gasteiger partial charge in [0, 0.05) is 33.8 Å². The fraction of sp³-hybridized carbons (Fsp3) is 0.312. The van der Waals surface area contributed by atoms with Crippen molar-refractivity contribution in [3.8, 4) is 5.88 Å². The summed E-state index contributed by atoms with van der Waals surface area (Å²) in [6.45, 7) is 1.27. The number of rotatable bonds is 6. The Hall–Kier alpha value is -1.10. The lowest BCUT2D eigenvalue weighted by Crippen LogP contribution is -2.16. The highest BCUT2D eigenvalue weighted by atomic mass is 79.9. The first-order valence-electron chi connectivity index (χ1n) is 6.96. The number of ether oxygens (including phenoxy) is 1. The van der Waals surface area contributed by atoms with Gasteiger partial charge in [0.1, 0.15) is 6.61 Å². The smallest absolute Gasteiger partial charge is 0.218 e. The Balaban J connectivity index is 1.66. The van der Waals surface area contributed by atoms with Gasteiger partial charge in [0.05, 0.1) is 0 Å². The van der Waals surface area contributed by atoms with E-state index in [1.54, 1.807) is 6.20 Å². The summed E-state index contributed by atoms with van der Waals surface area (Å²) in [6.07, 6.45) is 4.29. The van der Waals surface area contributed by atoms with E-state index in [2.05, 4.69) is 32.3 Å². The summed E-state index contributed by atoms with van der Waals surface area (Å²) in [5, 5.41) is 4.22. The van der Waals surface area contributed by atoms with E-state index in [4.69, 9.17) is 16.3 Å². The molecule has 1 N–H and O–H groups in total. The van der Waals surface area contributed by atoms with Crippen molar-refractivity contribution in [3.63, 3.8) is 0 Å². The van der Waals surface area contributed by atoms with E-state index in [0.717, 1.165) is 27.2 Å². The molecule has 0 bridgehead atoms. The largest absolute Gasteiger partial charge is 0.473 e. The molecule has 1 heterocycles. The van der Waals surface area contributed by atoms with E-state index in [0.29, 0.717) is 18.5 Å². The number of nitrogens with one attached hydrogen (secondary N) is 1. The molecule has 1 aliphatic carbocycles. The molecule has 0 atom stereocenters. The molecule has 0 spiro atoms. The Morgan fingerprint density at radius 2 is 2.05 bits per heavy atom. The minimum absolute atomic E-state index is 0.488. The van der Waals surface area contributed by atoms with E-state index in [9.17, 15) is 0 Å². The summed E-state index contributed by atoms with van der Waals surface area (Å²) < 4.78 is 6.82. The van der Waals surface area contributed by atoms with E-state index >= 15 is 0 Å². The number of halogens is 2. The summed E-state index contributed by atoms with van der Waals surface area (Å²) in [5.41, 5.74) is 2.15. The first-order valence-corrected chi connectivity index (χ1v) is 8.13. The van der Waals surface area contributed by atoms with E-state index in [1.807, 2.05) is 24.3 Å². The molecule has 3 rings (SSSR count). The zero-order valence-corrected chi connectivity index (χ0v) is 13.8. The van der Waals surface area contributed by atoms with Crippen LogP contribution in [0.1, 0.15) is 24.0 Å². The molecule has 0 aliphatic heterocycles. The highest BCUT2D eigenvalue weighted by Gasteiger charge is 2.21. The molecule has 0 saturated heterocycles. The van der Waals surface area contributed by atoms with Crippen LogP contribution in [-0.4, -0.2) is 11.0 Å². The SMILES string of the molecule is Clc1ccc(COc2ncc(Br)cc2CNC2CC2)cc1. The van der Waals surface area contributed by atoms with Crippen molar-refractivity contribution in [1.82, 2.24) is 10.3 Å². The van der Waals surface area contributed by atoms with Gasteiger partial charge in [-0.3, -0.25) is 0 Å². The van der Waals surface area contributed by atoms with Crippen molar-refractivity contribution < 1.29 is 4.74 Å². The molecule has 1 aliphatic rings. The maximum Gasteiger partial charge on any atom is 0.218 e. The van der Waals surface area contributed by atoms with Gasteiger partial charge in [-0.05, 0) is 52.5 Å². The van der Waals surface area contributed by atoms with Crippen LogP contribution in [0.2, 0.25) is 5.02 Å². The maximum absolute atomic E-state index is 5.88. The van der Waals surface area contributed by atoms with Gasteiger partial charge in [-0.2, -0.15) is 0 Å². The van der Waals surface area contributed by atoms with Crippen LogP contribution in [0.3, 0.4) is 0 Å². The standard InChI is InChI=1S/C16H16BrClN2O/c17-13-7-12(8-19-15-5-6-15)16(20-9-13)21-10-11-1-3-14(18)4-2-11/h1-4,7,9,15,19H,5-6,8,10H2. The van der Waals surface area contributed by atoms with Gasteiger partial charge < -0.3 is 10.1 Å². The molecule has 0 radical (unpaired) electrons. The van der Waals surface area contributed by atoms with Crippen LogP contribution in [-0.2, 0) is 13.2 Å². The van der Waals surface area contributed by atoms with Crippen LogP contribution in [0, 0.1) is 0 Å². The van der Waals surface area contributed by atoms with Crippen molar-refractivity contribution in [1.29, 1.82) is 0 Å². The average Bonchev–Trinajstić information content (AvgIpc) is 3.30. The van der Waals surface area contributed by atoms with Crippen molar-refractivity contribution in [3.05, 3.63) is 57.2 Å². The van der Waals surface area contributed by atoms with E-state index < -0.39 is 0 Å². The summed E-state index contributed by atoms with van der Waals surface area (Å²) in [6, 6.07) is 10.4. The van der Waals surface area contributed by atoms with Crippen LogP contribution in [0.4, 0.5) is 0 Å². The second-order valence-electron chi connectivity index (χ2n) is 5.19. The molecule has 1 aromatic carbocycles. The Morgan fingerprint density at radius 1 is 1.29 bits per heavy atom. The first kappa shape index (κ1) is 14.8. The molecule has 2 aromatic rings. The topological polar surface area (TPSA) is 34.1 Å². The number of benzene rings is 1. The number of pyridine rings is 1. The van der Waals surface area contributed by atoms with Crippen molar-refractivity contribution in [2.45, 2.75) is 32.0 Å². The number of hydrogen-bond donors (Lipinski definition) is 1. The first-order chi connectivity index (χ1) is 10.2. The van der Waals surface area contributed by atoms with Crippen LogP contribution in [0.15, 0.2) is 41.0 Å². The van der Waals surface area contributed by atoms with Crippen LogP contribution >= 0.6 is 27.5 Å². The van der Waals surface area contributed by atoms with Crippen molar-refractivity contribution in [2.75, 3.05) is 0 Å². The third-order valence-corrected chi connectivity index (χ3v) is 4.02. The highest BCUT2D eigenvalue weighted by molar-refractivity contribution is 9.10. The van der Waals surface area contributed by atoms with Gasteiger partial charge in [-0.1, -0.05) is 23.7 Å². The van der Waals surface area contributed by atoms with E-state index in [1.165, 1.54) is 12.8 Å². The normalized spacial score (nSPS) is 14.2. The van der Waals surface area contributed by atoms with Crippen LogP contribution in [0.5, 0.6) is 5.88 Å². The van der Waals surface area contributed by atoms with Crippen LogP contribution < -0.4 is 10.1 Å². The zero-order valence-electron chi connectivity index (χ0n) is 11.5. The van der Waals surface area contributed by atoms with Gasteiger partial charge in [-0.25, -0.2) is 4.98 Å². The summed E-state index contributed by atoms with van der Waals surface area (Å²) >= 11 is 9.34. The second-order valence-corrected chi connectivity index (χ2v) is 6.54. The molecule has 3 nitrogen and oxygen atoms in total. The second kappa shape index (κ2) is 6.77. The molecule has 110 valence electrons. The molecule has 1 aromatic heterocycles. The lowest BCUT2D eigenvalue weighted by atomic mass is 10.2. The maximum atomic E-state index is 5.88. The predicted molar refractivity (Wildman–Crippen MR) is 87.6 cm³/mol. The average molecular weight is 368 g/mol. The third kappa shape index (κ3) is 4.43. The van der Waals surface area contributed by atoms with Crippen molar-refractivity contribution in [2.24, 2.45) is 0 Å². The summed E-state index contributed by atoms with van der Waals surface area (Å²) in [7, 11) is 0. The number of aromatic nitrogens is 1. The molecule has 1 saturated carbocycles. The number of nitrogens with zero attached hydrogens (tertiary/aromatic N) is 1. The Kier molecular flexibility index (Phi) is 4.78. The molecule has 21 heavy (non-hydrogen) atoms. The van der Waals surface area contributed by atoms with Gasteiger partial charge >= 0.3 is 0 Å². The monoisotopic (exact) mass is 366 g/mol. The minimum atomic E-state index is 0.488. The number of hydrogen-bond acceptors (Lipinski definition) is 3. The molecule has 0 amide bonds. The highest BCUT2D eigenvalue weighted by Crippen LogP contribution is 2.24. The quantitative estimate of drug-likeness (QED) is 0.825. The van der Waals surface area contributed by atoms with E-state index in [-0.39, 0.29) is 0 Å². The van der Waals surface area contributed by atoms with Gasteiger partial charge in [0.25, 0.3) is 0 Å². The molecule has 5 heteroatoms. The molecule has 0 unspecified atom stereocenters. The lowest BCUT2D eigenvalue weighted by molar-refractivity contribution is 0.289. The fourth-order valence-corrected chi connectivity index (χ4v) is 2.50. The lowest BCUT2D eigenvalue weighted by Gasteiger charge is -2.11. The van der Waals surface area contributed by atoms with Crippen molar-refractivity contribution >= 4 is 27.5 Å². The summed E-state index contributed by atoms with van der Waals surface area (Å²) in [4.78, 5) is 4.37. The Labute approximate surface area is 137 Å². The molecular formula is C16H16BrClN2O. The fourth-order valence-electron chi connectivity index (χ4n) is 2.00. The van der Waals surface area contributed by atoms with Crippen LogP contribution in [0.25, 0.3) is 0 Å². The third-order valence-electron chi connectivity index (χ3n) is 3.34. The Morgan fingerprint density at radius 3 is 2.76 bits per heavy atom. The molecule has 1 fully saturated rings.